The fourth-order valence-electron chi connectivity index (χ4n) is 6.18. The summed E-state index contributed by atoms with van der Waals surface area (Å²) in [6.07, 6.45) is 2.28. The van der Waals surface area contributed by atoms with Crippen molar-refractivity contribution in [3.05, 3.63) is 107 Å². The lowest BCUT2D eigenvalue weighted by Gasteiger charge is -2.38. The summed E-state index contributed by atoms with van der Waals surface area (Å²) in [4.78, 5) is 0. The van der Waals surface area contributed by atoms with Crippen LogP contribution in [0.25, 0.3) is 0 Å². The van der Waals surface area contributed by atoms with Gasteiger partial charge >= 0.3 is 0 Å². The van der Waals surface area contributed by atoms with Gasteiger partial charge in [-0.1, -0.05) is 127 Å². The predicted molar refractivity (Wildman–Crippen MR) is 134 cm³/mol. The minimum Gasteiger partial charge on any atom is -0.0622 e. The van der Waals surface area contributed by atoms with E-state index in [4.69, 9.17) is 0 Å². The van der Waals surface area contributed by atoms with Gasteiger partial charge in [0, 0.05) is 5.41 Å². The maximum atomic E-state index is 2.49. The molecule has 0 aliphatic heterocycles. The van der Waals surface area contributed by atoms with E-state index in [0.717, 1.165) is 12.8 Å². The van der Waals surface area contributed by atoms with E-state index in [1.54, 1.807) is 0 Å². The number of fused-ring (bicyclic) bond motifs is 1. The first-order valence-corrected chi connectivity index (χ1v) is 11.7. The largest absolute Gasteiger partial charge is 0.0622 e. The molecular weight excluding hydrogens is 372 g/mol. The monoisotopic (exact) mass is 410 g/mol. The van der Waals surface area contributed by atoms with Gasteiger partial charge in [0.1, 0.15) is 0 Å². The predicted octanol–water partition coefficient (Wildman–Crippen LogP) is 8.32. The van der Waals surface area contributed by atoms with Gasteiger partial charge in [0.15, 0.2) is 0 Å². The minimum atomic E-state index is 0.0543. The van der Waals surface area contributed by atoms with Crippen molar-refractivity contribution in [2.75, 3.05) is 0 Å². The molecule has 0 saturated heterocycles. The molecule has 3 aromatic carbocycles. The molecule has 0 heterocycles. The topological polar surface area (TPSA) is 0 Å². The second-order valence-electron chi connectivity index (χ2n) is 11.9. The van der Waals surface area contributed by atoms with Crippen molar-refractivity contribution < 1.29 is 0 Å². The van der Waals surface area contributed by atoms with Crippen LogP contribution in [0.3, 0.4) is 0 Å². The van der Waals surface area contributed by atoms with Gasteiger partial charge in [0.25, 0.3) is 0 Å². The minimum absolute atomic E-state index is 0.0543. The summed E-state index contributed by atoms with van der Waals surface area (Å²) in [7, 11) is 0. The van der Waals surface area contributed by atoms with Crippen LogP contribution in [0.5, 0.6) is 0 Å². The van der Waals surface area contributed by atoms with Crippen LogP contribution in [0, 0.1) is 0 Å². The standard InChI is InChI=1S/C31H38/c1-28(2,3)23-17-19-24(20-18-23)29(4,5)21-30(6)22-31(7,25-13-9-8-10-14-25)27-16-12-11-15-26(27)30/h8-20H,21-22H2,1-7H3. The molecular formula is C31H38. The van der Waals surface area contributed by atoms with Crippen molar-refractivity contribution >= 4 is 0 Å². The first-order valence-electron chi connectivity index (χ1n) is 11.7. The second-order valence-corrected chi connectivity index (χ2v) is 11.9. The molecule has 162 valence electrons. The first kappa shape index (κ1) is 21.9. The van der Waals surface area contributed by atoms with E-state index in [-0.39, 0.29) is 21.7 Å². The summed E-state index contributed by atoms with van der Waals surface area (Å²) in [5.41, 5.74) is 7.78. The summed E-state index contributed by atoms with van der Waals surface area (Å²) in [5, 5.41) is 0. The average Bonchev–Trinajstić information content (AvgIpc) is 2.96. The molecule has 2 atom stereocenters. The lowest BCUT2D eigenvalue weighted by atomic mass is 9.66. The Kier molecular flexibility index (Phi) is 5.20. The summed E-state index contributed by atoms with van der Waals surface area (Å²) < 4.78 is 0. The van der Waals surface area contributed by atoms with Crippen LogP contribution in [0.15, 0.2) is 78.9 Å². The van der Waals surface area contributed by atoms with E-state index < -0.39 is 0 Å². The molecule has 0 amide bonds. The molecule has 0 heteroatoms. The molecule has 0 saturated carbocycles. The Morgan fingerprint density at radius 3 is 1.74 bits per heavy atom. The lowest BCUT2D eigenvalue weighted by molar-refractivity contribution is 0.296. The van der Waals surface area contributed by atoms with Crippen molar-refractivity contribution in [3.63, 3.8) is 0 Å². The Bertz CT molecular complexity index is 1050. The highest BCUT2D eigenvalue weighted by Gasteiger charge is 2.49. The number of benzene rings is 3. The zero-order chi connectivity index (χ0) is 22.5. The van der Waals surface area contributed by atoms with Gasteiger partial charge in [-0.25, -0.2) is 0 Å². The molecule has 31 heavy (non-hydrogen) atoms. The van der Waals surface area contributed by atoms with Crippen molar-refractivity contribution in [1.29, 1.82) is 0 Å². The molecule has 0 aromatic heterocycles. The fourth-order valence-corrected chi connectivity index (χ4v) is 6.18. The van der Waals surface area contributed by atoms with Crippen molar-refractivity contribution in [2.24, 2.45) is 0 Å². The highest BCUT2D eigenvalue weighted by atomic mass is 14.5. The van der Waals surface area contributed by atoms with E-state index in [1.165, 1.54) is 27.8 Å². The maximum absolute atomic E-state index is 2.49. The van der Waals surface area contributed by atoms with Gasteiger partial charge in [-0.15, -0.1) is 0 Å². The van der Waals surface area contributed by atoms with Crippen LogP contribution < -0.4 is 0 Å². The summed E-state index contributed by atoms with van der Waals surface area (Å²) >= 11 is 0. The van der Waals surface area contributed by atoms with Crippen LogP contribution in [0.1, 0.15) is 89.1 Å². The summed E-state index contributed by atoms with van der Waals surface area (Å²) in [5.74, 6) is 0. The Morgan fingerprint density at radius 2 is 1.16 bits per heavy atom. The molecule has 0 radical (unpaired) electrons. The van der Waals surface area contributed by atoms with Crippen LogP contribution in [0.4, 0.5) is 0 Å². The van der Waals surface area contributed by atoms with Crippen LogP contribution in [0.2, 0.25) is 0 Å². The van der Waals surface area contributed by atoms with E-state index in [1.807, 2.05) is 0 Å². The smallest absolute Gasteiger partial charge is 0.0186 e. The fraction of sp³-hybridized carbons (Fsp3) is 0.419. The van der Waals surface area contributed by atoms with Gasteiger partial charge in [0.05, 0.1) is 0 Å². The quantitative estimate of drug-likeness (QED) is 0.405. The van der Waals surface area contributed by atoms with Gasteiger partial charge < -0.3 is 0 Å². The zero-order valence-corrected chi connectivity index (χ0v) is 20.4. The van der Waals surface area contributed by atoms with Crippen LogP contribution >= 0.6 is 0 Å². The number of hydrogen-bond donors (Lipinski definition) is 0. The van der Waals surface area contributed by atoms with Gasteiger partial charge in [-0.3, -0.25) is 0 Å². The van der Waals surface area contributed by atoms with E-state index in [0.29, 0.717) is 0 Å². The first-order chi connectivity index (χ1) is 14.5. The zero-order valence-electron chi connectivity index (χ0n) is 20.4. The van der Waals surface area contributed by atoms with Crippen molar-refractivity contribution in [3.8, 4) is 0 Å². The van der Waals surface area contributed by atoms with Crippen LogP contribution in [-0.2, 0) is 21.7 Å². The molecule has 4 rings (SSSR count). The normalized spacial score (nSPS) is 23.6. The van der Waals surface area contributed by atoms with Gasteiger partial charge in [-0.2, -0.15) is 0 Å². The Balaban J connectivity index is 1.71. The lowest BCUT2D eigenvalue weighted by Crippen LogP contribution is -2.32. The van der Waals surface area contributed by atoms with E-state index >= 15 is 0 Å². The van der Waals surface area contributed by atoms with E-state index in [9.17, 15) is 0 Å². The Morgan fingerprint density at radius 1 is 0.645 bits per heavy atom. The third kappa shape index (κ3) is 3.86. The average molecular weight is 411 g/mol. The molecule has 0 nitrogen and oxygen atoms in total. The Labute approximate surface area is 189 Å². The van der Waals surface area contributed by atoms with Crippen molar-refractivity contribution in [1.82, 2.24) is 0 Å². The highest BCUT2D eigenvalue weighted by Crippen LogP contribution is 2.56. The molecule has 1 aliphatic rings. The third-order valence-electron chi connectivity index (χ3n) is 7.69. The summed E-state index contributed by atoms with van der Waals surface area (Å²) in [6.45, 7) is 16.6. The molecule has 0 N–H and O–H groups in total. The Hall–Kier alpha value is -2.34. The molecule has 0 bridgehead atoms. The third-order valence-corrected chi connectivity index (χ3v) is 7.69. The van der Waals surface area contributed by atoms with Gasteiger partial charge in [0.2, 0.25) is 0 Å². The maximum Gasteiger partial charge on any atom is 0.0186 e. The highest BCUT2D eigenvalue weighted by molar-refractivity contribution is 5.52. The SMILES string of the molecule is CC(C)(C)c1ccc(C(C)(C)CC2(C)CC(C)(c3ccccc3)c3ccccc32)cc1. The number of hydrogen-bond acceptors (Lipinski definition) is 0. The number of rotatable bonds is 4. The second kappa shape index (κ2) is 7.37. The summed E-state index contributed by atoms with van der Waals surface area (Å²) in [6, 6.07) is 29.6. The van der Waals surface area contributed by atoms with Crippen molar-refractivity contribution in [2.45, 2.75) is 83.0 Å². The molecule has 2 unspecified atom stereocenters. The van der Waals surface area contributed by atoms with Crippen LogP contribution in [-0.4, -0.2) is 0 Å². The van der Waals surface area contributed by atoms with Gasteiger partial charge in [-0.05, 0) is 56.9 Å². The molecule has 0 fully saturated rings. The molecule has 3 aromatic rings. The van der Waals surface area contributed by atoms with E-state index in [2.05, 4.69) is 127 Å². The molecule has 0 spiro atoms. The molecule has 1 aliphatic carbocycles.